The number of methoxy groups -OCH3 is 1. The van der Waals surface area contributed by atoms with E-state index in [0.29, 0.717) is 27.8 Å². The molecular weight excluding hydrogens is 492 g/mol. The zero-order valence-corrected chi connectivity index (χ0v) is 20.4. The molecule has 1 aliphatic heterocycles. The van der Waals surface area contributed by atoms with Crippen LogP contribution < -0.4 is 19.6 Å². The predicted molar refractivity (Wildman–Crippen MR) is 140 cm³/mol. The van der Waals surface area contributed by atoms with E-state index in [1.807, 2.05) is 48.5 Å². The van der Waals surface area contributed by atoms with Gasteiger partial charge in [0.1, 0.15) is 11.5 Å². The summed E-state index contributed by atoms with van der Waals surface area (Å²) in [6.45, 7) is 0. The number of amides is 1. The van der Waals surface area contributed by atoms with Gasteiger partial charge in [0.25, 0.3) is 5.91 Å². The molecule has 1 heterocycles. The Kier molecular flexibility index (Phi) is 6.87. The van der Waals surface area contributed by atoms with E-state index in [0.717, 1.165) is 11.1 Å². The molecule has 0 aromatic heterocycles. The van der Waals surface area contributed by atoms with Gasteiger partial charge in [0.2, 0.25) is 0 Å². The van der Waals surface area contributed by atoms with E-state index in [9.17, 15) is 9.59 Å². The van der Waals surface area contributed by atoms with Crippen molar-refractivity contribution in [2.75, 3.05) is 7.11 Å². The topological polar surface area (TPSA) is 86.2 Å². The van der Waals surface area contributed by atoms with Gasteiger partial charge < -0.3 is 14.2 Å². The van der Waals surface area contributed by atoms with Crippen molar-refractivity contribution in [3.05, 3.63) is 118 Å². The normalized spacial score (nSPS) is 12.3. The number of hydrogen-bond donors (Lipinski definition) is 1. The molecule has 5 rings (SSSR count). The fourth-order valence-corrected chi connectivity index (χ4v) is 4.27. The molecule has 0 bridgehead atoms. The highest BCUT2D eigenvalue weighted by Gasteiger charge is 2.32. The predicted octanol–water partition coefficient (Wildman–Crippen LogP) is 5.96. The summed E-state index contributed by atoms with van der Waals surface area (Å²) in [5, 5.41) is 4.43. The van der Waals surface area contributed by atoms with E-state index >= 15 is 0 Å². The van der Waals surface area contributed by atoms with Gasteiger partial charge in [-0.15, -0.1) is 0 Å². The van der Waals surface area contributed by atoms with Crippen LogP contribution in [0.2, 0.25) is 5.02 Å². The Morgan fingerprint density at radius 1 is 0.892 bits per heavy atom. The Bertz CT molecular complexity index is 1470. The number of benzene rings is 4. The molecular formula is C29H21ClN2O5. The van der Waals surface area contributed by atoms with Gasteiger partial charge in [0.05, 0.1) is 29.8 Å². The molecule has 7 nitrogen and oxygen atoms in total. The number of carbonyl (C=O) groups is 2. The SMILES string of the molecule is COc1cc(/C=N/NC(=O)C2c3ccccc3Oc3ccccc32)ccc1OC(=O)c1ccccc1Cl. The monoisotopic (exact) mass is 512 g/mol. The molecule has 0 atom stereocenters. The van der Waals surface area contributed by atoms with Crippen LogP contribution in [0.4, 0.5) is 0 Å². The lowest BCUT2D eigenvalue weighted by atomic mass is 9.87. The minimum Gasteiger partial charge on any atom is -0.493 e. The number of hydrogen-bond acceptors (Lipinski definition) is 6. The summed E-state index contributed by atoms with van der Waals surface area (Å²) in [5.41, 5.74) is 5.03. The molecule has 0 radical (unpaired) electrons. The molecule has 37 heavy (non-hydrogen) atoms. The number of nitrogens with one attached hydrogen (secondary N) is 1. The number of halogens is 1. The number of para-hydroxylation sites is 2. The quantitative estimate of drug-likeness (QED) is 0.149. The first-order valence-corrected chi connectivity index (χ1v) is 11.8. The number of hydrazone groups is 1. The van der Waals surface area contributed by atoms with Crippen LogP contribution in [0.25, 0.3) is 0 Å². The Hall–Kier alpha value is -4.62. The third kappa shape index (κ3) is 5.03. The molecule has 1 amide bonds. The molecule has 0 spiro atoms. The molecule has 4 aromatic rings. The van der Waals surface area contributed by atoms with E-state index in [-0.39, 0.29) is 17.2 Å². The molecule has 0 unspecified atom stereocenters. The smallest absolute Gasteiger partial charge is 0.345 e. The highest BCUT2D eigenvalue weighted by Crippen LogP contribution is 2.43. The minimum atomic E-state index is -0.602. The first-order valence-electron chi connectivity index (χ1n) is 11.4. The molecule has 1 aliphatic rings. The van der Waals surface area contributed by atoms with E-state index in [1.165, 1.54) is 13.3 Å². The van der Waals surface area contributed by atoms with Crippen LogP contribution in [0, 0.1) is 0 Å². The maximum Gasteiger partial charge on any atom is 0.345 e. The molecule has 0 saturated carbocycles. The van der Waals surface area contributed by atoms with Crippen molar-refractivity contribution < 1.29 is 23.8 Å². The second-order valence-corrected chi connectivity index (χ2v) is 8.53. The van der Waals surface area contributed by atoms with Crippen LogP contribution in [-0.4, -0.2) is 25.2 Å². The summed E-state index contributed by atoms with van der Waals surface area (Å²) >= 11 is 6.09. The zero-order valence-electron chi connectivity index (χ0n) is 19.7. The summed E-state index contributed by atoms with van der Waals surface area (Å²) in [6, 6.07) is 26.4. The van der Waals surface area contributed by atoms with Crippen LogP contribution >= 0.6 is 11.6 Å². The van der Waals surface area contributed by atoms with Crippen LogP contribution in [0.3, 0.4) is 0 Å². The fourth-order valence-electron chi connectivity index (χ4n) is 4.06. The standard InChI is InChI=1S/C29H21ClN2O5/c1-35-26-16-18(14-15-25(26)37-29(34)19-8-2-5-11-22(19)30)17-31-32-28(33)27-20-9-3-6-12-23(20)36-24-13-7-4-10-21(24)27/h2-17,27H,1H3,(H,32,33)/b31-17+. The van der Waals surface area contributed by atoms with Gasteiger partial charge in [-0.2, -0.15) is 5.10 Å². The second-order valence-electron chi connectivity index (χ2n) is 8.12. The van der Waals surface area contributed by atoms with Crippen LogP contribution in [0.5, 0.6) is 23.0 Å². The molecule has 8 heteroatoms. The second kappa shape index (κ2) is 10.6. The summed E-state index contributed by atoms with van der Waals surface area (Å²) < 4.78 is 16.8. The Morgan fingerprint density at radius 2 is 1.54 bits per heavy atom. The summed E-state index contributed by atoms with van der Waals surface area (Å²) in [5.74, 6) is 0.353. The van der Waals surface area contributed by atoms with E-state index in [1.54, 1.807) is 42.5 Å². The molecule has 0 aliphatic carbocycles. The Morgan fingerprint density at radius 3 is 2.22 bits per heavy atom. The van der Waals surface area contributed by atoms with Gasteiger partial charge in [-0.3, -0.25) is 4.79 Å². The summed E-state index contributed by atoms with van der Waals surface area (Å²) in [4.78, 5) is 25.7. The van der Waals surface area contributed by atoms with Crippen LogP contribution in [0.1, 0.15) is 33.0 Å². The maximum absolute atomic E-state index is 13.2. The average Bonchev–Trinajstić information content (AvgIpc) is 2.92. The number of esters is 1. The van der Waals surface area contributed by atoms with Gasteiger partial charge in [-0.25, -0.2) is 10.2 Å². The summed E-state index contributed by atoms with van der Waals surface area (Å²) in [6.07, 6.45) is 1.48. The van der Waals surface area contributed by atoms with Crippen molar-refractivity contribution in [2.24, 2.45) is 5.10 Å². The third-order valence-electron chi connectivity index (χ3n) is 5.81. The van der Waals surface area contributed by atoms with Gasteiger partial charge in [0, 0.05) is 11.1 Å². The highest BCUT2D eigenvalue weighted by molar-refractivity contribution is 6.33. The molecule has 0 saturated heterocycles. The lowest BCUT2D eigenvalue weighted by molar-refractivity contribution is -0.121. The average molecular weight is 513 g/mol. The van der Waals surface area contributed by atoms with Gasteiger partial charge >= 0.3 is 5.97 Å². The van der Waals surface area contributed by atoms with Crippen molar-refractivity contribution in [2.45, 2.75) is 5.92 Å². The lowest BCUT2D eigenvalue weighted by Crippen LogP contribution is -2.28. The van der Waals surface area contributed by atoms with Crippen molar-refractivity contribution in [1.82, 2.24) is 5.43 Å². The molecule has 184 valence electrons. The first-order chi connectivity index (χ1) is 18.0. The van der Waals surface area contributed by atoms with Crippen LogP contribution in [0.15, 0.2) is 96.1 Å². The Balaban J connectivity index is 1.31. The molecule has 0 fully saturated rings. The largest absolute Gasteiger partial charge is 0.493 e. The molecule has 1 N–H and O–H groups in total. The van der Waals surface area contributed by atoms with Crippen molar-refractivity contribution in [3.8, 4) is 23.0 Å². The maximum atomic E-state index is 13.2. The third-order valence-corrected chi connectivity index (χ3v) is 6.14. The zero-order chi connectivity index (χ0) is 25.8. The number of nitrogens with zero attached hydrogens (tertiary/aromatic N) is 1. The van der Waals surface area contributed by atoms with Crippen molar-refractivity contribution in [1.29, 1.82) is 0 Å². The van der Waals surface area contributed by atoms with Gasteiger partial charge in [0.15, 0.2) is 11.5 Å². The lowest BCUT2D eigenvalue weighted by Gasteiger charge is -2.26. The Labute approximate surface area is 218 Å². The van der Waals surface area contributed by atoms with Crippen LogP contribution in [-0.2, 0) is 4.79 Å². The molecule has 4 aromatic carbocycles. The number of ether oxygens (including phenoxy) is 3. The summed E-state index contributed by atoms with van der Waals surface area (Å²) in [7, 11) is 1.46. The van der Waals surface area contributed by atoms with Gasteiger partial charge in [-0.1, -0.05) is 60.1 Å². The van der Waals surface area contributed by atoms with E-state index in [2.05, 4.69) is 10.5 Å². The highest BCUT2D eigenvalue weighted by atomic mass is 35.5. The fraction of sp³-hybridized carbons (Fsp3) is 0.0690. The number of fused-ring (bicyclic) bond motifs is 2. The van der Waals surface area contributed by atoms with Crippen molar-refractivity contribution >= 4 is 29.7 Å². The van der Waals surface area contributed by atoms with Crippen molar-refractivity contribution in [3.63, 3.8) is 0 Å². The first kappa shape index (κ1) is 24.1. The van der Waals surface area contributed by atoms with E-state index in [4.69, 9.17) is 25.8 Å². The van der Waals surface area contributed by atoms with Gasteiger partial charge in [-0.05, 0) is 48.0 Å². The number of carbonyl (C=O) groups excluding carboxylic acids is 2. The number of rotatable bonds is 6. The van der Waals surface area contributed by atoms with E-state index < -0.39 is 11.9 Å². The minimum absolute atomic E-state index is 0.226.